The van der Waals surface area contributed by atoms with E-state index in [1.165, 1.54) is 35.9 Å². The van der Waals surface area contributed by atoms with Crippen molar-refractivity contribution in [3.05, 3.63) is 64.6 Å². The fraction of sp³-hybridized carbons (Fsp3) is 0.278. The number of carbonyl (C=O) groups excluding carboxylic acids is 1. The highest BCUT2D eigenvalue weighted by Crippen LogP contribution is 2.31. The summed E-state index contributed by atoms with van der Waals surface area (Å²) in [4.78, 5) is 22.9. The van der Waals surface area contributed by atoms with Crippen LogP contribution in [0, 0.1) is 10.1 Å². The van der Waals surface area contributed by atoms with Gasteiger partial charge in [-0.15, -0.1) is 0 Å². The summed E-state index contributed by atoms with van der Waals surface area (Å²) in [7, 11) is 0. The number of non-ortho nitro benzene ring substituents is 1. The maximum absolute atomic E-state index is 12.6. The predicted octanol–water partition coefficient (Wildman–Crippen LogP) is 3.34. The van der Waals surface area contributed by atoms with Gasteiger partial charge in [0, 0.05) is 24.4 Å². The van der Waals surface area contributed by atoms with E-state index < -0.39 is 4.92 Å². The number of nitro benzene ring substituents is 1. The quantitative estimate of drug-likeness (QED) is 0.550. The van der Waals surface area contributed by atoms with Crippen molar-refractivity contribution in [1.29, 1.82) is 0 Å². The second kappa shape index (κ2) is 7.02. The molecule has 1 N–H and O–H groups in total. The SMILES string of the molecule is O=C(Nc1ccnn1C1CCCC1)c1cnn(-c2ccc([N+](=O)[O-])cc2)c1. The topological polar surface area (TPSA) is 108 Å². The fourth-order valence-corrected chi connectivity index (χ4v) is 3.35. The molecule has 0 aliphatic heterocycles. The molecule has 3 aromatic rings. The first-order valence-electron chi connectivity index (χ1n) is 8.76. The van der Waals surface area contributed by atoms with Crippen molar-refractivity contribution < 1.29 is 9.72 Å². The minimum absolute atomic E-state index is 0.00375. The number of rotatable bonds is 5. The molecule has 138 valence electrons. The Morgan fingerprint density at radius 1 is 1.15 bits per heavy atom. The van der Waals surface area contributed by atoms with Gasteiger partial charge in [-0.25, -0.2) is 9.36 Å². The number of amides is 1. The minimum Gasteiger partial charge on any atom is -0.307 e. The number of benzene rings is 1. The second-order valence-corrected chi connectivity index (χ2v) is 6.50. The molecule has 0 atom stereocenters. The summed E-state index contributed by atoms with van der Waals surface area (Å²) in [5.74, 6) is 0.401. The number of nitrogens with zero attached hydrogens (tertiary/aromatic N) is 5. The lowest BCUT2D eigenvalue weighted by Crippen LogP contribution is -2.17. The number of hydrogen-bond acceptors (Lipinski definition) is 5. The van der Waals surface area contributed by atoms with Gasteiger partial charge in [0.15, 0.2) is 0 Å². The summed E-state index contributed by atoms with van der Waals surface area (Å²) in [5, 5.41) is 22.2. The highest BCUT2D eigenvalue weighted by atomic mass is 16.6. The molecule has 1 saturated carbocycles. The molecule has 9 heteroatoms. The number of nitro groups is 1. The van der Waals surface area contributed by atoms with Gasteiger partial charge in [-0.3, -0.25) is 14.9 Å². The largest absolute Gasteiger partial charge is 0.307 e. The molecule has 0 radical (unpaired) electrons. The molecule has 2 heterocycles. The van der Waals surface area contributed by atoms with Crippen molar-refractivity contribution in [2.24, 2.45) is 0 Å². The van der Waals surface area contributed by atoms with E-state index in [4.69, 9.17) is 0 Å². The van der Waals surface area contributed by atoms with Crippen LogP contribution in [-0.2, 0) is 0 Å². The number of nitrogens with one attached hydrogen (secondary N) is 1. The van der Waals surface area contributed by atoms with Crippen LogP contribution in [-0.4, -0.2) is 30.4 Å². The van der Waals surface area contributed by atoms with Crippen LogP contribution in [0.1, 0.15) is 42.1 Å². The van der Waals surface area contributed by atoms with Crippen molar-refractivity contribution in [3.63, 3.8) is 0 Å². The van der Waals surface area contributed by atoms with Crippen molar-refractivity contribution in [3.8, 4) is 5.69 Å². The molecule has 0 unspecified atom stereocenters. The maximum Gasteiger partial charge on any atom is 0.269 e. The minimum atomic E-state index is -0.459. The summed E-state index contributed by atoms with van der Waals surface area (Å²) in [5.41, 5.74) is 1.03. The third-order valence-corrected chi connectivity index (χ3v) is 4.75. The lowest BCUT2D eigenvalue weighted by molar-refractivity contribution is -0.384. The van der Waals surface area contributed by atoms with Gasteiger partial charge in [-0.2, -0.15) is 10.2 Å². The Labute approximate surface area is 154 Å². The van der Waals surface area contributed by atoms with E-state index in [1.807, 2.05) is 4.68 Å². The van der Waals surface area contributed by atoms with Gasteiger partial charge in [-0.1, -0.05) is 12.8 Å². The Bertz CT molecular complexity index is 969. The van der Waals surface area contributed by atoms with E-state index in [1.54, 1.807) is 30.6 Å². The first-order chi connectivity index (χ1) is 13.1. The summed E-state index contributed by atoms with van der Waals surface area (Å²) >= 11 is 0. The zero-order valence-corrected chi connectivity index (χ0v) is 14.5. The van der Waals surface area contributed by atoms with E-state index in [0.717, 1.165) is 12.8 Å². The summed E-state index contributed by atoms with van der Waals surface area (Å²) in [6.45, 7) is 0. The number of carbonyl (C=O) groups is 1. The van der Waals surface area contributed by atoms with Gasteiger partial charge >= 0.3 is 0 Å². The Kier molecular flexibility index (Phi) is 4.41. The van der Waals surface area contributed by atoms with E-state index in [2.05, 4.69) is 15.5 Å². The molecule has 1 aliphatic rings. The Morgan fingerprint density at radius 2 is 1.89 bits per heavy atom. The molecule has 1 fully saturated rings. The average Bonchev–Trinajstić information content (AvgIpc) is 3.42. The Morgan fingerprint density at radius 3 is 2.59 bits per heavy atom. The average molecular weight is 366 g/mol. The van der Waals surface area contributed by atoms with Crippen LogP contribution in [0.15, 0.2) is 48.9 Å². The van der Waals surface area contributed by atoms with Crippen molar-refractivity contribution in [2.75, 3.05) is 5.32 Å². The van der Waals surface area contributed by atoms with Gasteiger partial charge in [0.1, 0.15) is 5.82 Å². The lowest BCUT2D eigenvalue weighted by Gasteiger charge is -2.14. The highest BCUT2D eigenvalue weighted by Gasteiger charge is 2.21. The van der Waals surface area contributed by atoms with E-state index in [9.17, 15) is 14.9 Å². The molecule has 0 saturated heterocycles. The maximum atomic E-state index is 12.6. The Hall–Kier alpha value is -3.49. The van der Waals surface area contributed by atoms with Crippen LogP contribution in [0.5, 0.6) is 0 Å². The molecule has 27 heavy (non-hydrogen) atoms. The normalized spacial score (nSPS) is 14.4. The zero-order valence-electron chi connectivity index (χ0n) is 14.5. The second-order valence-electron chi connectivity index (χ2n) is 6.50. The molecule has 4 rings (SSSR count). The zero-order chi connectivity index (χ0) is 18.8. The molecule has 1 aromatic carbocycles. The van der Waals surface area contributed by atoms with Crippen molar-refractivity contribution in [1.82, 2.24) is 19.6 Å². The molecule has 2 aromatic heterocycles. The molecule has 1 amide bonds. The molecular formula is C18H18N6O3. The van der Waals surface area contributed by atoms with E-state index in [0.29, 0.717) is 23.1 Å². The standard InChI is InChI=1S/C18H18N6O3/c25-18(21-17-9-10-19-23(17)15-3-1-2-4-15)13-11-20-22(12-13)14-5-7-16(8-6-14)24(26)27/h5-12,15H,1-4H2,(H,21,25). The number of hydrogen-bond donors (Lipinski definition) is 1. The third kappa shape index (κ3) is 3.43. The van der Waals surface area contributed by atoms with Crippen molar-refractivity contribution >= 4 is 17.4 Å². The predicted molar refractivity (Wildman–Crippen MR) is 97.9 cm³/mol. The van der Waals surface area contributed by atoms with Gasteiger partial charge in [0.2, 0.25) is 0 Å². The Balaban J connectivity index is 1.49. The van der Waals surface area contributed by atoms with Crippen LogP contribution in [0.3, 0.4) is 0 Å². The summed E-state index contributed by atoms with van der Waals surface area (Å²) in [6, 6.07) is 8.09. The first kappa shape index (κ1) is 17.0. The van der Waals surface area contributed by atoms with E-state index in [-0.39, 0.29) is 11.6 Å². The monoisotopic (exact) mass is 366 g/mol. The highest BCUT2D eigenvalue weighted by molar-refractivity contribution is 6.03. The summed E-state index contributed by atoms with van der Waals surface area (Å²) in [6.07, 6.45) is 9.25. The van der Waals surface area contributed by atoms with Crippen LogP contribution < -0.4 is 5.32 Å². The first-order valence-corrected chi connectivity index (χ1v) is 8.76. The molecule has 9 nitrogen and oxygen atoms in total. The number of aromatic nitrogens is 4. The lowest BCUT2D eigenvalue weighted by atomic mass is 10.2. The molecule has 1 aliphatic carbocycles. The van der Waals surface area contributed by atoms with Crippen LogP contribution in [0.4, 0.5) is 11.5 Å². The smallest absolute Gasteiger partial charge is 0.269 e. The van der Waals surface area contributed by atoms with Crippen LogP contribution in [0.25, 0.3) is 5.69 Å². The van der Waals surface area contributed by atoms with E-state index >= 15 is 0 Å². The molecule has 0 spiro atoms. The fourth-order valence-electron chi connectivity index (χ4n) is 3.35. The number of anilines is 1. The van der Waals surface area contributed by atoms with Crippen LogP contribution >= 0.6 is 0 Å². The van der Waals surface area contributed by atoms with Gasteiger partial charge < -0.3 is 5.32 Å². The molecule has 0 bridgehead atoms. The van der Waals surface area contributed by atoms with Crippen LogP contribution in [0.2, 0.25) is 0 Å². The van der Waals surface area contributed by atoms with Gasteiger partial charge in [0.05, 0.1) is 34.6 Å². The third-order valence-electron chi connectivity index (χ3n) is 4.75. The summed E-state index contributed by atoms with van der Waals surface area (Å²) < 4.78 is 3.39. The van der Waals surface area contributed by atoms with Crippen molar-refractivity contribution in [2.45, 2.75) is 31.7 Å². The molecular weight excluding hydrogens is 348 g/mol. The van der Waals surface area contributed by atoms with Gasteiger partial charge in [0.25, 0.3) is 11.6 Å². The van der Waals surface area contributed by atoms with Gasteiger partial charge in [-0.05, 0) is 25.0 Å².